The average molecular weight is 752 g/mol. The van der Waals surface area contributed by atoms with Crippen LogP contribution in [0.2, 0.25) is 0 Å². The van der Waals surface area contributed by atoms with Crippen LogP contribution in [-0.2, 0) is 25.2 Å². The van der Waals surface area contributed by atoms with Gasteiger partial charge in [0.1, 0.15) is 15.9 Å². The molecule has 0 spiro atoms. The minimum atomic E-state index is -0.877. The molecule has 4 aromatic rings. The van der Waals surface area contributed by atoms with Crippen molar-refractivity contribution in [3.8, 4) is 0 Å². The van der Waals surface area contributed by atoms with Gasteiger partial charge in [-0.15, -0.1) is 0 Å². The van der Waals surface area contributed by atoms with E-state index in [0.29, 0.717) is 0 Å². The molecule has 0 aromatic heterocycles. The SMILES string of the molecule is N#[O+].[Pb+2].[Re].c1cc[cH-]c1.c1ccc([PH+](c2ccccc2)c2ccccc2)cc1. The Bertz CT molecular complexity index is 745. The smallest absolute Gasteiger partial charge is 0.214 e. The van der Waals surface area contributed by atoms with Crippen LogP contribution in [0.15, 0.2) is 121 Å². The third-order valence-corrected chi connectivity index (χ3v) is 6.47. The molecule has 28 heavy (non-hydrogen) atoms. The molecule has 2 nitrogen and oxygen atoms in total. The fourth-order valence-corrected chi connectivity index (χ4v) is 5.21. The molecular formula is C23H21NOPPbRe+3. The predicted octanol–water partition coefficient (Wildman–Crippen LogP) is 4.10. The van der Waals surface area contributed by atoms with E-state index >= 15 is 0 Å². The zero-order valence-corrected chi connectivity index (χ0v) is 22.9. The molecule has 4 aromatic carbocycles. The van der Waals surface area contributed by atoms with E-state index in [1.165, 1.54) is 15.9 Å². The number of hydrogen-bond acceptors (Lipinski definition) is 1. The van der Waals surface area contributed by atoms with Gasteiger partial charge in [-0.1, -0.05) is 54.6 Å². The normalized spacial score (nSPS) is 8.68. The van der Waals surface area contributed by atoms with Gasteiger partial charge in [-0.25, -0.2) is 12.1 Å². The van der Waals surface area contributed by atoms with Gasteiger partial charge in [0, 0.05) is 20.4 Å². The van der Waals surface area contributed by atoms with Gasteiger partial charge >= 0.3 is 37.5 Å². The van der Waals surface area contributed by atoms with Crippen molar-refractivity contribution in [2.45, 2.75) is 0 Å². The molecule has 4 rings (SSSR count). The maximum atomic E-state index is 7.25. The van der Waals surface area contributed by atoms with Crippen LogP contribution in [0.25, 0.3) is 0 Å². The zero-order valence-electron chi connectivity index (χ0n) is 15.3. The van der Waals surface area contributed by atoms with Crippen LogP contribution < -0.4 is 15.9 Å². The van der Waals surface area contributed by atoms with Crippen molar-refractivity contribution in [1.29, 1.82) is 5.46 Å². The molecule has 137 valence electrons. The molecule has 0 amide bonds. The first-order valence-electron chi connectivity index (χ1n) is 8.33. The molecule has 0 saturated carbocycles. The number of rotatable bonds is 3. The second kappa shape index (κ2) is 16.6. The van der Waals surface area contributed by atoms with Gasteiger partial charge in [-0.2, -0.15) is 18.2 Å². The summed E-state index contributed by atoms with van der Waals surface area (Å²) in [5, 5.41) is 4.31. The zero-order chi connectivity index (χ0) is 18.5. The molecule has 0 aliphatic rings. The summed E-state index contributed by atoms with van der Waals surface area (Å²) in [6.07, 6.45) is 0. The molecule has 0 aliphatic heterocycles. The van der Waals surface area contributed by atoms with Gasteiger partial charge in [0.2, 0.25) is 0 Å². The van der Waals surface area contributed by atoms with Crippen molar-refractivity contribution in [3.05, 3.63) is 121 Å². The Kier molecular flexibility index (Phi) is 15.9. The van der Waals surface area contributed by atoms with Crippen LogP contribution in [0.5, 0.6) is 0 Å². The Morgan fingerprint density at radius 2 is 0.821 bits per heavy atom. The molecular weight excluding hydrogens is 731 g/mol. The van der Waals surface area contributed by atoms with Gasteiger partial charge in [-0.3, -0.25) is 0 Å². The van der Waals surface area contributed by atoms with Crippen molar-refractivity contribution in [2.75, 3.05) is 0 Å². The van der Waals surface area contributed by atoms with Gasteiger partial charge in [0.25, 0.3) is 0 Å². The summed E-state index contributed by atoms with van der Waals surface area (Å²) in [4.78, 5) is 0. The van der Waals surface area contributed by atoms with E-state index in [1.807, 2.05) is 30.3 Å². The summed E-state index contributed by atoms with van der Waals surface area (Å²) in [5.74, 6) is 0. The predicted molar refractivity (Wildman–Crippen MR) is 117 cm³/mol. The van der Waals surface area contributed by atoms with Gasteiger partial charge in [0.05, 0.1) is 7.92 Å². The van der Waals surface area contributed by atoms with Crippen LogP contribution in [0.4, 0.5) is 0 Å². The van der Waals surface area contributed by atoms with Crippen LogP contribution in [0.1, 0.15) is 0 Å². The van der Waals surface area contributed by atoms with Crippen LogP contribution in [0, 0.1) is 5.46 Å². The minimum Gasteiger partial charge on any atom is -0.214 e. The van der Waals surface area contributed by atoms with Crippen LogP contribution in [0.3, 0.4) is 0 Å². The maximum absolute atomic E-state index is 7.25. The monoisotopic (exact) mass is 753 g/mol. The summed E-state index contributed by atoms with van der Waals surface area (Å²) in [6.45, 7) is 0. The van der Waals surface area contributed by atoms with Crippen molar-refractivity contribution in [1.82, 2.24) is 0 Å². The molecule has 3 radical (unpaired) electrons. The first-order chi connectivity index (χ1) is 12.9. The standard InChI is InChI=1S/C18H15P.C5H5.NO.Pb.Re/c1-4-10-16(11-5-1)19(17-12-6-2-7-13-17)18-14-8-3-9-15-18;1-2-4-5-3-1;1-2;;/h1-15H;1-5H;;;/q;-1;+1;+2;/p+1. The largest absolute Gasteiger partial charge is 2.00 e. The summed E-state index contributed by atoms with van der Waals surface area (Å²) >= 11 is 0. The molecule has 0 atom stereocenters. The van der Waals surface area contributed by atoms with Crippen LogP contribution >= 0.6 is 7.92 Å². The summed E-state index contributed by atoms with van der Waals surface area (Å²) < 4.78 is 7.25. The van der Waals surface area contributed by atoms with Gasteiger partial charge in [-0.05, 0) is 36.4 Å². The Balaban J connectivity index is 0.000000699. The first-order valence-corrected chi connectivity index (χ1v) is 9.83. The molecule has 0 N–H and O–H groups in total. The van der Waals surface area contributed by atoms with E-state index in [9.17, 15) is 0 Å². The third-order valence-electron chi connectivity index (χ3n) is 3.74. The van der Waals surface area contributed by atoms with Crippen LogP contribution in [-0.4, -0.2) is 27.3 Å². The maximum Gasteiger partial charge on any atom is 2.00 e. The Hall–Kier alpha value is -1.31. The number of nitrogens with zero attached hydrogens (tertiary/aromatic N) is 1. The number of benzene rings is 3. The molecule has 0 bridgehead atoms. The van der Waals surface area contributed by atoms with E-state index in [2.05, 4.69) is 91.0 Å². The molecule has 0 unspecified atom stereocenters. The number of hydrogen-bond donors (Lipinski definition) is 0. The van der Waals surface area contributed by atoms with E-state index in [4.69, 9.17) is 10.2 Å². The quantitative estimate of drug-likeness (QED) is 0.135. The van der Waals surface area contributed by atoms with Crippen molar-refractivity contribution in [2.24, 2.45) is 0 Å². The minimum absolute atomic E-state index is 0. The van der Waals surface area contributed by atoms with E-state index in [-0.39, 0.29) is 47.7 Å². The molecule has 5 heteroatoms. The van der Waals surface area contributed by atoms with E-state index < -0.39 is 7.92 Å². The van der Waals surface area contributed by atoms with E-state index in [0.717, 1.165) is 0 Å². The fourth-order valence-electron chi connectivity index (χ4n) is 2.64. The topological polar surface area (TPSA) is 43.7 Å². The summed E-state index contributed by atoms with van der Waals surface area (Å²) in [7, 11) is -0.877. The Morgan fingerprint density at radius 1 is 0.536 bits per heavy atom. The summed E-state index contributed by atoms with van der Waals surface area (Å²) in [6, 6.07) is 42.5. The average Bonchev–Trinajstić information content (AvgIpc) is 3.33. The second-order valence-electron chi connectivity index (χ2n) is 5.44. The van der Waals surface area contributed by atoms with E-state index in [1.54, 1.807) is 0 Å². The van der Waals surface area contributed by atoms with Crippen molar-refractivity contribution < 1.29 is 25.2 Å². The Morgan fingerprint density at radius 3 is 1.04 bits per heavy atom. The molecule has 0 saturated heterocycles. The third kappa shape index (κ3) is 8.80. The van der Waals surface area contributed by atoms with Gasteiger partial charge < -0.3 is 0 Å². The molecule has 0 heterocycles. The second-order valence-corrected chi connectivity index (χ2v) is 7.92. The summed E-state index contributed by atoms with van der Waals surface area (Å²) in [5.41, 5.74) is 5.75. The Labute approximate surface area is 201 Å². The van der Waals surface area contributed by atoms with Crippen molar-refractivity contribution in [3.63, 3.8) is 0 Å². The first kappa shape index (κ1) is 26.7. The molecule has 0 aliphatic carbocycles. The fraction of sp³-hybridized carbons (Fsp3) is 0. The van der Waals surface area contributed by atoms with Gasteiger partial charge in [0.15, 0.2) is 0 Å². The molecule has 0 fully saturated rings. The van der Waals surface area contributed by atoms with Crippen molar-refractivity contribution >= 4 is 51.1 Å².